The second-order valence-electron chi connectivity index (χ2n) is 6.89. The maximum atomic E-state index is 5.30. The largest absolute Gasteiger partial charge is 0.380 e. The van der Waals surface area contributed by atoms with Crippen LogP contribution < -0.4 is 5.32 Å². The number of hydrogen-bond donors (Lipinski definition) is 1. The fraction of sp³-hybridized carbons (Fsp3) is 0.409. The predicted molar refractivity (Wildman–Crippen MR) is 107 cm³/mol. The van der Waals surface area contributed by atoms with E-state index in [1.54, 1.807) is 7.11 Å². The lowest BCUT2D eigenvalue weighted by atomic mass is 9.99. The maximum absolute atomic E-state index is 5.30. The van der Waals surface area contributed by atoms with E-state index in [1.807, 2.05) is 7.05 Å². The maximum Gasteiger partial charge on any atom is 0.193 e. The Morgan fingerprint density at radius 3 is 2.58 bits per heavy atom. The van der Waals surface area contributed by atoms with Crippen molar-refractivity contribution in [2.75, 3.05) is 27.2 Å². The van der Waals surface area contributed by atoms with Gasteiger partial charge in [-0.25, -0.2) is 0 Å². The van der Waals surface area contributed by atoms with Gasteiger partial charge in [0, 0.05) is 33.8 Å². The van der Waals surface area contributed by atoms with Crippen LogP contribution in [-0.2, 0) is 24.3 Å². The summed E-state index contributed by atoms with van der Waals surface area (Å²) in [6.07, 6.45) is 2.36. The lowest BCUT2D eigenvalue weighted by Gasteiger charge is -2.22. The highest BCUT2D eigenvalue weighted by Gasteiger charge is 2.24. The molecule has 138 valence electrons. The van der Waals surface area contributed by atoms with E-state index in [-0.39, 0.29) is 0 Å². The van der Waals surface area contributed by atoms with Gasteiger partial charge in [-0.15, -0.1) is 0 Å². The van der Waals surface area contributed by atoms with Crippen molar-refractivity contribution in [3.8, 4) is 0 Å². The minimum absolute atomic E-state index is 0.638. The first-order chi connectivity index (χ1) is 12.8. The minimum Gasteiger partial charge on any atom is -0.380 e. The fourth-order valence-electron chi connectivity index (χ4n) is 3.67. The minimum atomic E-state index is 0.638. The average Bonchev–Trinajstić information content (AvgIpc) is 3.13. The van der Waals surface area contributed by atoms with Crippen LogP contribution in [0.15, 0.2) is 59.6 Å². The Bertz CT molecular complexity index is 714. The van der Waals surface area contributed by atoms with Crippen molar-refractivity contribution >= 4 is 5.96 Å². The van der Waals surface area contributed by atoms with Crippen LogP contribution in [-0.4, -0.2) is 38.1 Å². The quantitative estimate of drug-likeness (QED) is 0.639. The second kappa shape index (κ2) is 9.39. The highest BCUT2D eigenvalue weighted by atomic mass is 16.5. The van der Waals surface area contributed by atoms with Gasteiger partial charge in [-0.2, -0.15) is 0 Å². The molecule has 1 fully saturated rings. The Morgan fingerprint density at radius 2 is 1.85 bits per heavy atom. The third-order valence-corrected chi connectivity index (χ3v) is 5.02. The summed E-state index contributed by atoms with van der Waals surface area (Å²) in [7, 11) is 3.61. The first kappa shape index (κ1) is 18.5. The van der Waals surface area contributed by atoms with Crippen molar-refractivity contribution in [2.45, 2.75) is 26.0 Å². The smallest absolute Gasteiger partial charge is 0.193 e. The monoisotopic (exact) mass is 351 g/mol. The van der Waals surface area contributed by atoms with Crippen LogP contribution in [0.2, 0.25) is 0 Å². The van der Waals surface area contributed by atoms with E-state index in [9.17, 15) is 0 Å². The molecule has 1 aliphatic heterocycles. The molecule has 1 atom stereocenters. The molecule has 1 aliphatic rings. The summed E-state index contributed by atoms with van der Waals surface area (Å²) < 4.78 is 5.30. The molecule has 0 amide bonds. The van der Waals surface area contributed by atoms with Gasteiger partial charge in [0.25, 0.3) is 0 Å². The van der Waals surface area contributed by atoms with Gasteiger partial charge in [0.15, 0.2) is 5.96 Å². The highest BCUT2D eigenvalue weighted by molar-refractivity contribution is 5.80. The SMILES string of the molecule is CN=C(NCc1ccccc1COC)N1CCC(Cc2ccccc2)C1. The predicted octanol–water partition coefficient (Wildman–Crippen LogP) is 3.47. The molecule has 0 radical (unpaired) electrons. The summed E-state index contributed by atoms with van der Waals surface area (Å²) >= 11 is 0. The number of benzene rings is 2. The Morgan fingerprint density at radius 1 is 1.12 bits per heavy atom. The number of likely N-dealkylation sites (tertiary alicyclic amines) is 1. The van der Waals surface area contributed by atoms with E-state index in [0.29, 0.717) is 12.5 Å². The molecule has 0 saturated carbocycles. The topological polar surface area (TPSA) is 36.9 Å². The molecular weight excluding hydrogens is 322 g/mol. The number of hydrogen-bond acceptors (Lipinski definition) is 2. The molecule has 4 nitrogen and oxygen atoms in total. The van der Waals surface area contributed by atoms with E-state index in [0.717, 1.165) is 32.0 Å². The molecule has 0 spiro atoms. The lowest BCUT2D eigenvalue weighted by molar-refractivity contribution is 0.184. The van der Waals surface area contributed by atoms with Crippen LogP contribution in [0, 0.1) is 5.92 Å². The second-order valence-corrected chi connectivity index (χ2v) is 6.89. The number of ether oxygens (including phenoxy) is 1. The summed E-state index contributed by atoms with van der Waals surface area (Å²) in [6, 6.07) is 19.2. The van der Waals surface area contributed by atoms with Crippen LogP contribution in [0.4, 0.5) is 0 Å². The third kappa shape index (κ3) is 4.85. The molecule has 1 heterocycles. The Balaban J connectivity index is 1.55. The van der Waals surface area contributed by atoms with Gasteiger partial charge < -0.3 is 15.0 Å². The van der Waals surface area contributed by atoms with Gasteiger partial charge in [-0.3, -0.25) is 4.99 Å². The van der Waals surface area contributed by atoms with E-state index < -0.39 is 0 Å². The molecule has 0 aromatic heterocycles. The van der Waals surface area contributed by atoms with Crippen molar-refractivity contribution in [1.82, 2.24) is 10.2 Å². The standard InChI is InChI=1S/C22H29N3O/c1-23-22(24-15-20-10-6-7-11-21(20)17-26-2)25-13-12-19(16-25)14-18-8-4-3-5-9-18/h3-11,19H,12-17H2,1-2H3,(H,23,24). The zero-order valence-electron chi connectivity index (χ0n) is 15.8. The molecule has 1 saturated heterocycles. The highest BCUT2D eigenvalue weighted by Crippen LogP contribution is 2.21. The summed E-state index contributed by atoms with van der Waals surface area (Å²) in [6.45, 7) is 3.54. The molecular formula is C22H29N3O. The number of aliphatic imine (C=N–C) groups is 1. The molecule has 0 aliphatic carbocycles. The van der Waals surface area contributed by atoms with E-state index >= 15 is 0 Å². The number of guanidine groups is 1. The van der Waals surface area contributed by atoms with Crippen molar-refractivity contribution in [3.05, 3.63) is 71.3 Å². The molecule has 1 N–H and O–H groups in total. The molecule has 1 unspecified atom stereocenters. The number of methoxy groups -OCH3 is 1. The zero-order valence-corrected chi connectivity index (χ0v) is 15.8. The fourth-order valence-corrected chi connectivity index (χ4v) is 3.67. The van der Waals surface area contributed by atoms with Crippen LogP contribution in [0.25, 0.3) is 0 Å². The average molecular weight is 351 g/mol. The van der Waals surface area contributed by atoms with Gasteiger partial charge in [-0.1, -0.05) is 54.6 Å². The van der Waals surface area contributed by atoms with Crippen LogP contribution in [0.3, 0.4) is 0 Å². The molecule has 2 aromatic carbocycles. The molecule has 3 rings (SSSR count). The van der Waals surface area contributed by atoms with Crippen LogP contribution in [0.5, 0.6) is 0 Å². The third-order valence-electron chi connectivity index (χ3n) is 5.02. The summed E-state index contributed by atoms with van der Waals surface area (Å²) in [5, 5.41) is 3.53. The summed E-state index contributed by atoms with van der Waals surface area (Å²) in [5.74, 6) is 1.68. The van der Waals surface area contributed by atoms with Gasteiger partial charge >= 0.3 is 0 Å². The van der Waals surface area contributed by atoms with Gasteiger partial charge in [-0.05, 0) is 35.4 Å². The van der Waals surface area contributed by atoms with Crippen LogP contribution >= 0.6 is 0 Å². The van der Waals surface area contributed by atoms with E-state index in [4.69, 9.17) is 4.74 Å². The van der Waals surface area contributed by atoms with Gasteiger partial charge in [0.2, 0.25) is 0 Å². The van der Waals surface area contributed by atoms with Gasteiger partial charge in [0.1, 0.15) is 0 Å². The van der Waals surface area contributed by atoms with Crippen molar-refractivity contribution in [2.24, 2.45) is 10.9 Å². The zero-order chi connectivity index (χ0) is 18.2. The molecule has 4 heteroatoms. The molecule has 2 aromatic rings. The Labute approximate surface area is 156 Å². The number of nitrogens with zero attached hydrogens (tertiary/aromatic N) is 2. The van der Waals surface area contributed by atoms with Crippen LogP contribution in [0.1, 0.15) is 23.1 Å². The van der Waals surface area contributed by atoms with Crippen molar-refractivity contribution in [3.63, 3.8) is 0 Å². The summed E-state index contributed by atoms with van der Waals surface area (Å²) in [5.41, 5.74) is 3.91. The summed E-state index contributed by atoms with van der Waals surface area (Å²) in [4.78, 5) is 6.88. The van der Waals surface area contributed by atoms with Gasteiger partial charge in [0.05, 0.1) is 6.61 Å². The first-order valence-corrected chi connectivity index (χ1v) is 9.35. The Kier molecular flexibility index (Phi) is 6.67. The van der Waals surface area contributed by atoms with E-state index in [2.05, 4.69) is 69.8 Å². The van der Waals surface area contributed by atoms with Crippen molar-refractivity contribution in [1.29, 1.82) is 0 Å². The molecule has 26 heavy (non-hydrogen) atoms. The van der Waals surface area contributed by atoms with Crippen molar-refractivity contribution < 1.29 is 4.74 Å². The number of rotatable bonds is 6. The lowest BCUT2D eigenvalue weighted by Crippen LogP contribution is -2.39. The number of nitrogens with one attached hydrogen (secondary N) is 1. The molecule has 0 bridgehead atoms. The van der Waals surface area contributed by atoms with E-state index in [1.165, 1.54) is 23.1 Å². The Hall–Kier alpha value is -2.33. The first-order valence-electron chi connectivity index (χ1n) is 9.35. The normalized spacial score (nSPS) is 17.5.